The zero-order valence-corrected chi connectivity index (χ0v) is 10.5. The molecule has 0 aliphatic carbocycles. The molecule has 0 aromatic carbocycles. The summed E-state index contributed by atoms with van der Waals surface area (Å²) in [4.78, 5) is 0. The van der Waals surface area contributed by atoms with Gasteiger partial charge >= 0.3 is 0 Å². The average Bonchev–Trinajstić information content (AvgIpc) is 1.35. The van der Waals surface area contributed by atoms with Crippen LogP contribution < -0.4 is 0 Å². The van der Waals surface area contributed by atoms with Gasteiger partial charge in [-0.2, -0.15) is 5.92 Å². The molecule has 0 fully saturated rings. The summed E-state index contributed by atoms with van der Waals surface area (Å²) in [5.41, 5.74) is 0. The molecule has 0 N–H and O–H groups in total. The van der Waals surface area contributed by atoms with Gasteiger partial charge in [0.15, 0.2) is 0 Å². The van der Waals surface area contributed by atoms with E-state index >= 15 is 0 Å². The van der Waals surface area contributed by atoms with Gasteiger partial charge in [0, 0.05) is 19.5 Å². The van der Waals surface area contributed by atoms with E-state index in [-0.39, 0.29) is 36.5 Å². The van der Waals surface area contributed by atoms with Gasteiger partial charge in [0.05, 0.1) is 0 Å². The van der Waals surface area contributed by atoms with Gasteiger partial charge in [-0.15, -0.1) is 17.0 Å². The van der Waals surface area contributed by atoms with Crippen LogP contribution in [-0.2, 0) is 19.5 Å². The second-order valence-electron chi connectivity index (χ2n) is 1.89. The molecule has 0 amide bonds. The van der Waals surface area contributed by atoms with Crippen molar-refractivity contribution in [2.24, 2.45) is 5.92 Å². The largest absolute Gasteiger partial charge is 0.341 e. The van der Waals surface area contributed by atoms with Crippen molar-refractivity contribution in [2.75, 3.05) is 0 Å². The Kier molecular flexibility index (Phi) is 22.0. The molecule has 0 heterocycles. The quantitative estimate of drug-likeness (QED) is 0.506. The first-order valence-corrected chi connectivity index (χ1v) is 2.60. The maximum Gasteiger partial charge on any atom is 0 e. The molecule has 0 aromatic rings. The summed E-state index contributed by atoms with van der Waals surface area (Å²) < 4.78 is 0. The molecule has 2 heteroatoms. The van der Waals surface area contributed by atoms with Crippen LogP contribution in [0.3, 0.4) is 0 Å². The SMILES string of the molecule is Br.[CH2-]C(C)CCC.[Zn]. The van der Waals surface area contributed by atoms with Crippen molar-refractivity contribution in [3.63, 3.8) is 0 Å². The number of rotatable bonds is 2. The van der Waals surface area contributed by atoms with Gasteiger partial charge in [-0.05, 0) is 0 Å². The van der Waals surface area contributed by atoms with Gasteiger partial charge < -0.3 is 6.92 Å². The van der Waals surface area contributed by atoms with Gasteiger partial charge in [-0.1, -0.05) is 26.7 Å². The van der Waals surface area contributed by atoms with Crippen LogP contribution in [0, 0.1) is 12.8 Å². The van der Waals surface area contributed by atoms with Gasteiger partial charge in [0.1, 0.15) is 0 Å². The molecule has 0 radical (unpaired) electrons. The molecular weight excluding hydrogens is 217 g/mol. The Bertz CT molecular complexity index is 29.7. The van der Waals surface area contributed by atoms with E-state index in [9.17, 15) is 0 Å². The molecule has 0 bridgehead atoms. The summed E-state index contributed by atoms with van der Waals surface area (Å²) >= 11 is 0. The molecule has 0 aliphatic rings. The van der Waals surface area contributed by atoms with E-state index in [4.69, 9.17) is 0 Å². The molecule has 0 saturated heterocycles. The van der Waals surface area contributed by atoms with Crippen molar-refractivity contribution in [3.8, 4) is 0 Å². The van der Waals surface area contributed by atoms with Crippen LogP contribution in [0.4, 0.5) is 0 Å². The third-order valence-corrected chi connectivity index (χ3v) is 0.781. The van der Waals surface area contributed by atoms with E-state index in [2.05, 4.69) is 20.8 Å². The van der Waals surface area contributed by atoms with Crippen LogP contribution >= 0.6 is 17.0 Å². The van der Waals surface area contributed by atoms with Crippen LogP contribution in [0.1, 0.15) is 26.7 Å². The molecule has 0 aliphatic heterocycles. The molecule has 0 rings (SSSR count). The minimum Gasteiger partial charge on any atom is -0.341 e. The van der Waals surface area contributed by atoms with E-state index < -0.39 is 0 Å². The zero-order valence-electron chi connectivity index (χ0n) is 5.81. The summed E-state index contributed by atoms with van der Waals surface area (Å²) in [5, 5.41) is 0. The molecule has 0 aromatic heterocycles. The predicted octanol–water partition coefficient (Wildman–Crippen LogP) is 2.83. The fraction of sp³-hybridized carbons (Fsp3) is 0.833. The first-order valence-electron chi connectivity index (χ1n) is 2.60. The van der Waals surface area contributed by atoms with Crippen molar-refractivity contribution >= 4 is 17.0 Å². The van der Waals surface area contributed by atoms with Crippen molar-refractivity contribution in [2.45, 2.75) is 26.7 Å². The summed E-state index contributed by atoms with van der Waals surface area (Å²) in [6, 6.07) is 0. The second-order valence-corrected chi connectivity index (χ2v) is 1.89. The number of hydrogen-bond acceptors (Lipinski definition) is 0. The van der Waals surface area contributed by atoms with Crippen LogP contribution in [0.25, 0.3) is 0 Å². The summed E-state index contributed by atoms with van der Waals surface area (Å²) in [7, 11) is 0. The monoisotopic (exact) mass is 229 g/mol. The Balaban J connectivity index is -0.000000125. The molecule has 48 valence electrons. The van der Waals surface area contributed by atoms with Crippen LogP contribution in [0.2, 0.25) is 0 Å². The standard InChI is InChI=1S/C6H13.BrH.Zn/c1-4-5-6(2)3;;/h6H,2,4-5H2,1,3H3;1H;/q-1;;. The molecule has 0 spiro atoms. The summed E-state index contributed by atoms with van der Waals surface area (Å²) in [6.45, 7) is 8.15. The van der Waals surface area contributed by atoms with E-state index in [0.717, 1.165) is 0 Å². The van der Waals surface area contributed by atoms with E-state index in [1.54, 1.807) is 0 Å². The van der Waals surface area contributed by atoms with Crippen molar-refractivity contribution in [1.29, 1.82) is 0 Å². The Hall–Kier alpha value is 1.10. The zero-order chi connectivity index (χ0) is 4.99. The topological polar surface area (TPSA) is 0 Å². The van der Waals surface area contributed by atoms with Crippen LogP contribution in [0.15, 0.2) is 0 Å². The number of hydrogen-bond donors (Lipinski definition) is 0. The van der Waals surface area contributed by atoms with Crippen molar-refractivity contribution in [1.82, 2.24) is 0 Å². The van der Waals surface area contributed by atoms with Crippen molar-refractivity contribution in [3.05, 3.63) is 6.92 Å². The summed E-state index contributed by atoms with van der Waals surface area (Å²) in [5.74, 6) is 0.648. The fourth-order valence-electron chi connectivity index (χ4n) is 0.493. The molecular formula is C6H14BrZn-. The summed E-state index contributed by atoms with van der Waals surface area (Å²) in [6.07, 6.45) is 2.53. The molecule has 1 atom stereocenters. The maximum absolute atomic E-state index is 3.83. The molecule has 0 nitrogen and oxygen atoms in total. The Morgan fingerprint density at radius 1 is 1.50 bits per heavy atom. The van der Waals surface area contributed by atoms with E-state index in [1.165, 1.54) is 12.8 Å². The third-order valence-electron chi connectivity index (χ3n) is 0.781. The normalized spacial score (nSPS) is 10.9. The molecule has 1 unspecified atom stereocenters. The minimum atomic E-state index is 0. The minimum absolute atomic E-state index is 0. The van der Waals surface area contributed by atoms with E-state index in [1.807, 2.05) is 0 Å². The second kappa shape index (κ2) is 11.0. The smallest absolute Gasteiger partial charge is 0 e. The van der Waals surface area contributed by atoms with Gasteiger partial charge in [-0.3, -0.25) is 0 Å². The van der Waals surface area contributed by atoms with Gasteiger partial charge in [0.25, 0.3) is 0 Å². The van der Waals surface area contributed by atoms with E-state index in [0.29, 0.717) is 5.92 Å². The molecule has 8 heavy (non-hydrogen) atoms. The van der Waals surface area contributed by atoms with Crippen LogP contribution in [0.5, 0.6) is 0 Å². The maximum atomic E-state index is 3.83. The first kappa shape index (κ1) is 16.0. The Morgan fingerprint density at radius 2 is 1.88 bits per heavy atom. The van der Waals surface area contributed by atoms with Crippen LogP contribution in [-0.4, -0.2) is 0 Å². The Labute approximate surface area is 76.0 Å². The number of halogens is 1. The third kappa shape index (κ3) is 15.7. The Morgan fingerprint density at radius 3 is 1.88 bits per heavy atom. The van der Waals surface area contributed by atoms with Gasteiger partial charge in [-0.25, -0.2) is 0 Å². The first-order chi connectivity index (χ1) is 2.77. The predicted molar refractivity (Wildman–Crippen MR) is 39.8 cm³/mol. The molecule has 0 saturated carbocycles. The fourth-order valence-corrected chi connectivity index (χ4v) is 0.493. The van der Waals surface area contributed by atoms with Gasteiger partial charge in [0.2, 0.25) is 0 Å². The van der Waals surface area contributed by atoms with Crippen molar-refractivity contribution < 1.29 is 19.5 Å². The average molecular weight is 231 g/mol.